The number of carbonyl (C=O) groups is 1. The normalized spacial score (nSPS) is 19.8. The average Bonchev–Trinajstić information content (AvgIpc) is 2.86. The van der Waals surface area contributed by atoms with Gasteiger partial charge in [0.05, 0.1) is 11.7 Å². The smallest absolute Gasteiger partial charge is 0.236 e. The van der Waals surface area contributed by atoms with Crippen LogP contribution in [0.15, 0.2) is 18.3 Å². The predicted molar refractivity (Wildman–Crippen MR) is 71.4 cm³/mol. The van der Waals surface area contributed by atoms with Crippen LogP contribution in [0.1, 0.15) is 19.0 Å². The maximum atomic E-state index is 11.5. The monoisotopic (exact) mass is 259 g/mol. The summed E-state index contributed by atoms with van der Waals surface area (Å²) in [6.45, 7) is 3.14. The molecule has 0 radical (unpaired) electrons. The Bertz CT molecular complexity index is 508. The third-order valence-corrected chi connectivity index (χ3v) is 3.18. The minimum absolute atomic E-state index is 0.0743. The first-order valence-electron chi connectivity index (χ1n) is 6.28. The Hall–Kier alpha value is -2.13. The highest BCUT2D eigenvalue weighted by atomic mass is 16.2. The molecule has 3 N–H and O–H groups in total. The molecular formula is C13H17N5O. The number of hydrogen-bond donors (Lipinski definition) is 2. The number of nitrogens with one attached hydrogen (secondary N) is 1. The number of aromatic nitrogens is 1. The zero-order valence-corrected chi connectivity index (χ0v) is 10.8. The van der Waals surface area contributed by atoms with Gasteiger partial charge in [-0.15, -0.1) is 0 Å². The first-order chi connectivity index (χ1) is 9.11. The molecule has 6 nitrogen and oxygen atoms in total. The van der Waals surface area contributed by atoms with Crippen LogP contribution in [0.25, 0.3) is 0 Å². The van der Waals surface area contributed by atoms with Crippen molar-refractivity contribution in [3.05, 3.63) is 24.0 Å². The summed E-state index contributed by atoms with van der Waals surface area (Å²) in [5.41, 5.74) is 6.77. The van der Waals surface area contributed by atoms with Crippen LogP contribution in [0, 0.1) is 11.3 Å². The van der Waals surface area contributed by atoms with Crippen LogP contribution >= 0.6 is 0 Å². The van der Waals surface area contributed by atoms with Gasteiger partial charge >= 0.3 is 0 Å². The van der Waals surface area contributed by atoms with E-state index in [0.29, 0.717) is 12.2 Å². The van der Waals surface area contributed by atoms with E-state index in [4.69, 9.17) is 11.0 Å². The second kappa shape index (κ2) is 5.67. The Balaban J connectivity index is 2.03. The molecule has 2 unspecified atom stereocenters. The first-order valence-corrected chi connectivity index (χ1v) is 6.28. The third kappa shape index (κ3) is 3.01. The zero-order chi connectivity index (χ0) is 13.8. The average molecular weight is 259 g/mol. The molecule has 1 aliphatic heterocycles. The molecule has 1 saturated heterocycles. The third-order valence-electron chi connectivity index (χ3n) is 3.18. The van der Waals surface area contributed by atoms with Crippen molar-refractivity contribution in [3.8, 4) is 6.07 Å². The molecule has 2 atom stereocenters. The van der Waals surface area contributed by atoms with Crippen molar-refractivity contribution < 1.29 is 4.79 Å². The molecular weight excluding hydrogens is 242 g/mol. The van der Waals surface area contributed by atoms with Crippen molar-refractivity contribution in [2.75, 3.05) is 18.0 Å². The highest BCUT2D eigenvalue weighted by Crippen LogP contribution is 2.22. The summed E-state index contributed by atoms with van der Waals surface area (Å²) in [5, 5.41) is 11.9. The van der Waals surface area contributed by atoms with Gasteiger partial charge in [0.15, 0.2) is 5.69 Å². The van der Waals surface area contributed by atoms with Gasteiger partial charge in [0.1, 0.15) is 6.07 Å². The zero-order valence-electron chi connectivity index (χ0n) is 10.8. The highest BCUT2D eigenvalue weighted by molar-refractivity contribution is 5.81. The summed E-state index contributed by atoms with van der Waals surface area (Å²) in [5.74, 6) is -0.140. The highest BCUT2D eigenvalue weighted by Gasteiger charge is 2.26. The van der Waals surface area contributed by atoms with Gasteiger partial charge in [0.25, 0.3) is 0 Å². The molecule has 2 heterocycles. The number of nitriles is 1. The molecule has 0 aromatic carbocycles. The summed E-state index contributed by atoms with van der Waals surface area (Å²) < 4.78 is 0. The van der Waals surface area contributed by atoms with Crippen molar-refractivity contribution >= 4 is 11.6 Å². The maximum absolute atomic E-state index is 11.5. The number of rotatable bonds is 3. The van der Waals surface area contributed by atoms with Crippen LogP contribution in [0.3, 0.4) is 0 Å². The summed E-state index contributed by atoms with van der Waals surface area (Å²) in [4.78, 5) is 17.7. The van der Waals surface area contributed by atoms with Gasteiger partial charge in [-0.1, -0.05) is 0 Å². The van der Waals surface area contributed by atoms with Crippen LogP contribution in [0.4, 0.5) is 5.69 Å². The van der Waals surface area contributed by atoms with Crippen molar-refractivity contribution in [1.82, 2.24) is 10.3 Å². The second-order valence-electron chi connectivity index (χ2n) is 4.71. The SMILES string of the molecule is CC(N)C(=O)NC1CCN(c2cccnc2C#N)C1. The molecule has 1 aromatic rings. The lowest BCUT2D eigenvalue weighted by molar-refractivity contribution is -0.122. The molecule has 0 aliphatic carbocycles. The molecule has 0 bridgehead atoms. The molecule has 1 aromatic heterocycles. The molecule has 1 amide bonds. The molecule has 0 saturated carbocycles. The summed E-state index contributed by atoms with van der Waals surface area (Å²) in [7, 11) is 0. The van der Waals surface area contributed by atoms with Gasteiger partial charge in [0.2, 0.25) is 5.91 Å². The maximum Gasteiger partial charge on any atom is 0.236 e. The number of anilines is 1. The van der Waals surface area contributed by atoms with Crippen LogP contribution < -0.4 is 16.0 Å². The largest absolute Gasteiger partial charge is 0.367 e. The van der Waals surface area contributed by atoms with Crippen molar-refractivity contribution in [2.45, 2.75) is 25.4 Å². The van der Waals surface area contributed by atoms with E-state index in [-0.39, 0.29) is 11.9 Å². The van der Waals surface area contributed by atoms with Gasteiger partial charge in [0, 0.05) is 25.3 Å². The topological polar surface area (TPSA) is 95.0 Å². The van der Waals surface area contributed by atoms with E-state index in [2.05, 4.69) is 21.3 Å². The van der Waals surface area contributed by atoms with Crippen LogP contribution in [-0.2, 0) is 4.79 Å². The minimum atomic E-state index is -0.498. The van der Waals surface area contributed by atoms with Crippen LogP contribution in [0.5, 0.6) is 0 Å². The number of pyridine rings is 1. The van der Waals surface area contributed by atoms with E-state index in [1.54, 1.807) is 13.1 Å². The van der Waals surface area contributed by atoms with Crippen LogP contribution in [0.2, 0.25) is 0 Å². The van der Waals surface area contributed by atoms with Gasteiger partial charge < -0.3 is 16.0 Å². The van der Waals surface area contributed by atoms with Gasteiger partial charge in [-0.25, -0.2) is 4.98 Å². The number of amides is 1. The lowest BCUT2D eigenvalue weighted by Crippen LogP contribution is -2.45. The van der Waals surface area contributed by atoms with Gasteiger partial charge in [-0.3, -0.25) is 4.79 Å². The fourth-order valence-corrected chi connectivity index (χ4v) is 2.17. The number of carbonyl (C=O) groups excluding carboxylic acids is 1. The van der Waals surface area contributed by atoms with Crippen LogP contribution in [-0.4, -0.2) is 36.1 Å². The number of nitrogens with two attached hydrogens (primary N) is 1. The van der Waals surface area contributed by atoms with Crippen molar-refractivity contribution in [3.63, 3.8) is 0 Å². The summed E-state index contributed by atoms with van der Waals surface area (Å²) in [6.07, 6.45) is 2.45. The van der Waals surface area contributed by atoms with Gasteiger partial charge in [-0.05, 0) is 25.5 Å². The molecule has 1 aliphatic rings. The summed E-state index contributed by atoms with van der Waals surface area (Å²) in [6, 6.07) is 5.35. The number of nitrogens with zero attached hydrogens (tertiary/aromatic N) is 3. The Morgan fingerprint density at radius 1 is 1.74 bits per heavy atom. The molecule has 19 heavy (non-hydrogen) atoms. The standard InChI is InChI=1S/C13H17N5O/c1-9(15)13(19)17-10-4-6-18(8-10)12-3-2-5-16-11(12)7-14/h2-3,5,9-10H,4,6,8,15H2,1H3,(H,17,19). The Kier molecular flexibility index (Phi) is 3.97. The molecule has 2 rings (SSSR count). The van der Waals surface area contributed by atoms with Crippen molar-refractivity contribution in [1.29, 1.82) is 5.26 Å². The van der Waals surface area contributed by atoms with Crippen molar-refractivity contribution in [2.24, 2.45) is 5.73 Å². The second-order valence-corrected chi connectivity index (χ2v) is 4.71. The number of hydrogen-bond acceptors (Lipinski definition) is 5. The van der Waals surface area contributed by atoms with Gasteiger partial charge in [-0.2, -0.15) is 5.26 Å². The predicted octanol–water partition coefficient (Wildman–Crippen LogP) is -0.00462. The molecule has 100 valence electrons. The quantitative estimate of drug-likeness (QED) is 0.796. The first kappa shape index (κ1) is 13.3. The molecule has 0 spiro atoms. The minimum Gasteiger partial charge on any atom is -0.367 e. The fourth-order valence-electron chi connectivity index (χ4n) is 2.17. The summed E-state index contributed by atoms with van der Waals surface area (Å²) >= 11 is 0. The fraction of sp³-hybridized carbons (Fsp3) is 0.462. The van der Waals surface area contributed by atoms with E-state index in [1.165, 1.54) is 0 Å². The lowest BCUT2D eigenvalue weighted by atomic mass is 10.2. The molecule has 6 heteroatoms. The Labute approximate surface area is 112 Å². The van der Waals surface area contributed by atoms with E-state index in [9.17, 15) is 4.79 Å². The molecule has 1 fully saturated rings. The van der Waals surface area contributed by atoms with E-state index in [0.717, 1.165) is 18.7 Å². The van der Waals surface area contributed by atoms with E-state index in [1.807, 2.05) is 12.1 Å². The Morgan fingerprint density at radius 2 is 2.53 bits per heavy atom. The lowest BCUT2D eigenvalue weighted by Gasteiger charge is -2.20. The Morgan fingerprint density at radius 3 is 3.21 bits per heavy atom. The van der Waals surface area contributed by atoms with E-state index < -0.39 is 6.04 Å². The van der Waals surface area contributed by atoms with E-state index >= 15 is 0 Å².